The van der Waals surface area contributed by atoms with Crippen molar-refractivity contribution in [2.45, 2.75) is 20.8 Å². The Labute approximate surface area is 107 Å². The Hall–Kier alpha value is -1.56. The molecule has 0 saturated carbocycles. The van der Waals surface area contributed by atoms with Crippen LogP contribution in [0.5, 0.6) is 5.75 Å². The number of halogens is 1. The molecule has 97 valence electrons. The molecule has 0 spiro atoms. The maximum atomic E-state index is 13.9. The fourth-order valence-electron chi connectivity index (χ4n) is 1.74. The Morgan fingerprint density at radius 1 is 1.44 bits per heavy atom. The summed E-state index contributed by atoms with van der Waals surface area (Å²) in [6.45, 7) is 6.26. The third kappa shape index (κ3) is 3.01. The normalized spacial score (nSPS) is 10.1. The molecule has 18 heavy (non-hydrogen) atoms. The van der Waals surface area contributed by atoms with E-state index in [9.17, 15) is 9.18 Å². The molecule has 0 heterocycles. The largest absolute Gasteiger partial charge is 0.569 e. The molecule has 0 unspecified atom stereocenters. The van der Waals surface area contributed by atoms with E-state index < -0.39 is 11.7 Å². The zero-order chi connectivity index (χ0) is 13.7. The van der Waals surface area contributed by atoms with Crippen molar-refractivity contribution in [2.75, 3.05) is 13.1 Å². The first kappa shape index (κ1) is 14.5. The minimum atomic E-state index is -0.649. The van der Waals surface area contributed by atoms with Crippen LogP contribution in [0.15, 0.2) is 12.1 Å². The van der Waals surface area contributed by atoms with Crippen LogP contribution >= 0.6 is 0 Å². The van der Waals surface area contributed by atoms with Gasteiger partial charge in [-0.3, -0.25) is 4.79 Å². The van der Waals surface area contributed by atoms with Gasteiger partial charge in [0, 0.05) is 13.1 Å². The average Bonchev–Trinajstić information content (AvgIpc) is 2.30. The third-order valence-corrected chi connectivity index (χ3v) is 2.64. The van der Waals surface area contributed by atoms with Crippen molar-refractivity contribution < 1.29 is 18.9 Å². The van der Waals surface area contributed by atoms with Crippen LogP contribution in [0.3, 0.4) is 0 Å². The number of rotatable bonds is 5. The zero-order valence-corrected chi connectivity index (χ0v) is 10.7. The minimum Gasteiger partial charge on any atom is -0.537 e. The van der Waals surface area contributed by atoms with E-state index >= 15 is 0 Å². The van der Waals surface area contributed by atoms with Gasteiger partial charge in [0.05, 0.1) is 0 Å². The van der Waals surface area contributed by atoms with Crippen molar-refractivity contribution in [3.63, 3.8) is 0 Å². The Morgan fingerprint density at radius 2 is 2.06 bits per heavy atom. The molecule has 1 radical (unpaired) electrons. The molecule has 1 aromatic rings. The van der Waals surface area contributed by atoms with Gasteiger partial charge >= 0.3 is 7.69 Å². The smallest absolute Gasteiger partial charge is 0.537 e. The highest BCUT2D eigenvalue weighted by atomic mass is 19.1. The van der Waals surface area contributed by atoms with E-state index in [0.29, 0.717) is 26.3 Å². The van der Waals surface area contributed by atoms with E-state index in [1.165, 1.54) is 17.0 Å². The molecule has 0 aliphatic rings. The minimum absolute atomic E-state index is 0.0203. The Balaban J connectivity index is 3.24. The maximum Gasteiger partial charge on any atom is 0.569 e. The molecule has 6 heteroatoms. The third-order valence-electron chi connectivity index (χ3n) is 2.64. The van der Waals surface area contributed by atoms with Gasteiger partial charge in [-0.15, -0.1) is 0 Å². The summed E-state index contributed by atoms with van der Waals surface area (Å²) >= 11 is 0. The number of carbonyl (C=O) groups excluding carboxylic acids is 1. The Kier molecular flexibility index (Phi) is 5.16. The molecule has 0 fully saturated rings. The van der Waals surface area contributed by atoms with Gasteiger partial charge in [0.15, 0.2) is 0 Å². The molecule has 4 nitrogen and oxygen atoms in total. The number of hydrogen-bond donors (Lipinski definition) is 1. The van der Waals surface area contributed by atoms with E-state index in [1.807, 2.05) is 13.8 Å². The van der Waals surface area contributed by atoms with E-state index in [4.69, 9.17) is 9.68 Å². The van der Waals surface area contributed by atoms with Crippen LogP contribution < -0.4 is 4.65 Å². The second-order valence-electron chi connectivity index (χ2n) is 3.82. The van der Waals surface area contributed by atoms with Crippen LogP contribution in [0, 0.1) is 12.7 Å². The van der Waals surface area contributed by atoms with Crippen molar-refractivity contribution in [1.82, 2.24) is 4.90 Å². The molecule has 0 aliphatic heterocycles. The standard InChI is InChI=1S/C12H16BFNO3/c1-4-15(5-2)12(16)11-9(14)6-8(3)7-10(11)18-13-17/h6-7,17H,4-5H2,1-3H3. The molecule has 1 amide bonds. The molecule has 0 saturated heterocycles. The quantitative estimate of drug-likeness (QED) is 0.808. The molecular formula is C12H16BFNO3. The van der Waals surface area contributed by atoms with Crippen LogP contribution in [0.1, 0.15) is 29.8 Å². The first-order valence-corrected chi connectivity index (χ1v) is 5.77. The second-order valence-corrected chi connectivity index (χ2v) is 3.82. The lowest BCUT2D eigenvalue weighted by atomic mass is 10.1. The number of nitrogens with zero attached hydrogens (tertiary/aromatic N) is 1. The summed E-state index contributed by atoms with van der Waals surface area (Å²) in [6.07, 6.45) is 0. The van der Waals surface area contributed by atoms with Gasteiger partial charge in [-0.1, -0.05) is 0 Å². The summed E-state index contributed by atoms with van der Waals surface area (Å²) in [4.78, 5) is 13.6. The van der Waals surface area contributed by atoms with Crippen LogP contribution in [-0.4, -0.2) is 36.6 Å². The van der Waals surface area contributed by atoms with Gasteiger partial charge in [0.2, 0.25) is 0 Å². The average molecular weight is 252 g/mol. The molecular weight excluding hydrogens is 236 g/mol. The van der Waals surface area contributed by atoms with Crippen molar-refractivity contribution in [3.8, 4) is 5.75 Å². The van der Waals surface area contributed by atoms with E-state index in [1.54, 1.807) is 6.92 Å². The second kappa shape index (κ2) is 6.40. The van der Waals surface area contributed by atoms with Gasteiger partial charge in [-0.05, 0) is 38.5 Å². The monoisotopic (exact) mass is 252 g/mol. The number of hydrogen-bond acceptors (Lipinski definition) is 3. The summed E-state index contributed by atoms with van der Waals surface area (Å²) in [7, 11) is 0.438. The van der Waals surface area contributed by atoms with Crippen molar-refractivity contribution in [3.05, 3.63) is 29.1 Å². The van der Waals surface area contributed by atoms with Crippen LogP contribution in [0.2, 0.25) is 0 Å². The zero-order valence-electron chi connectivity index (χ0n) is 10.7. The number of amides is 1. The van der Waals surface area contributed by atoms with Crippen LogP contribution in [-0.2, 0) is 0 Å². The van der Waals surface area contributed by atoms with Gasteiger partial charge in [0.1, 0.15) is 17.1 Å². The maximum absolute atomic E-state index is 13.9. The SMILES string of the molecule is CCN(CC)C(=O)c1c(F)cc(C)cc1O[B]O. The number of aryl methyl sites for hydroxylation is 1. The fraction of sp³-hybridized carbons (Fsp3) is 0.417. The summed E-state index contributed by atoms with van der Waals surface area (Å²) in [5.74, 6) is -1.08. The highest BCUT2D eigenvalue weighted by Gasteiger charge is 2.22. The molecule has 0 aromatic heterocycles. The van der Waals surface area contributed by atoms with E-state index in [-0.39, 0.29) is 11.3 Å². The first-order valence-electron chi connectivity index (χ1n) is 5.77. The van der Waals surface area contributed by atoms with E-state index in [2.05, 4.69) is 0 Å². The summed E-state index contributed by atoms with van der Waals surface area (Å²) in [5, 5.41) is 8.67. The molecule has 1 rings (SSSR count). The van der Waals surface area contributed by atoms with Gasteiger partial charge < -0.3 is 14.6 Å². The van der Waals surface area contributed by atoms with Gasteiger partial charge in [-0.25, -0.2) is 4.39 Å². The van der Waals surface area contributed by atoms with Gasteiger partial charge in [-0.2, -0.15) is 0 Å². The van der Waals surface area contributed by atoms with E-state index in [0.717, 1.165) is 0 Å². The lowest BCUT2D eigenvalue weighted by Gasteiger charge is -2.20. The summed E-state index contributed by atoms with van der Waals surface area (Å²) in [5.41, 5.74) is 0.454. The Morgan fingerprint density at radius 3 is 2.56 bits per heavy atom. The van der Waals surface area contributed by atoms with Crippen molar-refractivity contribution in [2.24, 2.45) is 0 Å². The topological polar surface area (TPSA) is 49.8 Å². The highest BCUT2D eigenvalue weighted by molar-refractivity contribution is 6.17. The van der Waals surface area contributed by atoms with Gasteiger partial charge in [0.25, 0.3) is 5.91 Å². The lowest BCUT2D eigenvalue weighted by Crippen LogP contribution is -2.31. The predicted octanol–water partition coefficient (Wildman–Crippen LogP) is 1.52. The molecule has 1 N–H and O–H groups in total. The molecule has 1 aromatic carbocycles. The highest BCUT2D eigenvalue weighted by Crippen LogP contribution is 2.25. The summed E-state index contributed by atoms with van der Waals surface area (Å²) in [6, 6.07) is 2.77. The van der Waals surface area contributed by atoms with Crippen LogP contribution in [0.25, 0.3) is 0 Å². The molecule has 0 bridgehead atoms. The fourth-order valence-corrected chi connectivity index (χ4v) is 1.74. The van der Waals surface area contributed by atoms with Crippen molar-refractivity contribution in [1.29, 1.82) is 0 Å². The number of carbonyl (C=O) groups is 1. The molecule has 0 aliphatic carbocycles. The summed E-state index contributed by atoms with van der Waals surface area (Å²) < 4.78 is 18.7. The Bertz CT molecular complexity index is 436. The number of benzene rings is 1. The first-order chi connectivity index (χ1) is 8.54. The van der Waals surface area contributed by atoms with Crippen molar-refractivity contribution >= 4 is 13.6 Å². The predicted molar refractivity (Wildman–Crippen MR) is 67.0 cm³/mol. The van der Waals surface area contributed by atoms with Crippen LogP contribution in [0.4, 0.5) is 4.39 Å². The molecule has 0 atom stereocenters. The lowest BCUT2D eigenvalue weighted by molar-refractivity contribution is 0.0766.